The van der Waals surface area contributed by atoms with Crippen molar-refractivity contribution in [2.75, 3.05) is 33.3 Å². The van der Waals surface area contributed by atoms with Crippen LogP contribution in [0.2, 0.25) is 0 Å². The third-order valence-corrected chi connectivity index (χ3v) is 11.3. The second-order valence-electron chi connectivity index (χ2n) is 12.9. The Balaban J connectivity index is 1.19. The number of methoxy groups -OCH3 is 1. The number of carbonyl (C=O) groups excluding carboxylic acids is 1. The van der Waals surface area contributed by atoms with Gasteiger partial charge in [0.1, 0.15) is 4.75 Å². The van der Waals surface area contributed by atoms with Crippen LogP contribution in [0.4, 0.5) is 0 Å². The molecule has 6 heteroatoms. The number of thioether (sulfide) groups is 1. The second-order valence-corrected chi connectivity index (χ2v) is 14.2. The van der Waals surface area contributed by atoms with E-state index in [9.17, 15) is 4.79 Å². The summed E-state index contributed by atoms with van der Waals surface area (Å²) in [5.41, 5.74) is 6.86. The quantitative estimate of drug-likeness (QED) is 0.333. The van der Waals surface area contributed by atoms with E-state index in [0.717, 1.165) is 51.9 Å². The summed E-state index contributed by atoms with van der Waals surface area (Å²) in [5.74, 6) is 0.220. The molecule has 3 heterocycles. The van der Waals surface area contributed by atoms with Crippen molar-refractivity contribution in [1.82, 2.24) is 14.7 Å². The van der Waals surface area contributed by atoms with Crippen LogP contribution in [-0.2, 0) is 22.4 Å². The van der Waals surface area contributed by atoms with E-state index in [1.165, 1.54) is 27.8 Å². The maximum atomic E-state index is 13.5. The number of likely N-dealkylation sites (tertiary alicyclic amines) is 1. The van der Waals surface area contributed by atoms with Gasteiger partial charge < -0.3 is 9.64 Å². The van der Waals surface area contributed by atoms with Gasteiger partial charge in [0, 0.05) is 57.5 Å². The number of amides is 1. The van der Waals surface area contributed by atoms with Crippen molar-refractivity contribution in [3.63, 3.8) is 0 Å². The molecule has 2 aromatic carbocycles. The lowest BCUT2D eigenvalue weighted by Gasteiger charge is -2.51. The summed E-state index contributed by atoms with van der Waals surface area (Å²) in [4.78, 5) is 21.0. The van der Waals surface area contributed by atoms with Gasteiger partial charge in [0.05, 0.1) is 6.10 Å². The SMILES string of the molecule is CCc1cc(CC)cc(-c2ccc([C@H](C)N3C(C)CN(C4CCN(C(=O)C5(C)SC=CC5OC)CC4)C[C@H]3C)cc2)c1. The fourth-order valence-electron chi connectivity index (χ4n) is 7.63. The standard InChI is InChI=1S/C36H51N3O2S/c1-8-28-20-29(9-2)22-32(21-28)31-12-10-30(11-13-31)27(5)39-25(3)23-38(24-26(39)4)33-14-17-37(18-15-33)35(40)36(6)34(41-7)16-19-42-36/h10-13,16,19-22,25-27,33-34H,8-9,14-15,17-18,23-24H2,1-7H3/t25-,26?,27+,34?,36?/m1/s1. The molecule has 0 spiro atoms. The number of hydrogen-bond donors (Lipinski definition) is 0. The average molecular weight is 590 g/mol. The Morgan fingerprint density at radius 2 is 1.57 bits per heavy atom. The molecule has 3 unspecified atom stereocenters. The predicted molar refractivity (Wildman–Crippen MR) is 177 cm³/mol. The first-order valence-electron chi connectivity index (χ1n) is 16.1. The number of nitrogens with zero attached hydrogens (tertiary/aromatic N) is 3. The Hall–Kier alpha value is -2.12. The minimum Gasteiger partial charge on any atom is -0.375 e. The number of piperazine rings is 1. The molecule has 0 bridgehead atoms. The zero-order valence-corrected chi connectivity index (χ0v) is 27.6. The van der Waals surface area contributed by atoms with Crippen molar-refractivity contribution in [2.45, 2.75) is 102 Å². The summed E-state index contributed by atoms with van der Waals surface area (Å²) in [7, 11) is 1.70. The highest BCUT2D eigenvalue weighted by Gasteiger charge is 2.47. The average Bonchev–Trinajstić information content (AvgIpc) is 3.41. The Morgan fingerprint density at radius 3 is 2.12 bits per heavy atom. The highest BCUT2D eigenvalue weighted by molar-refractivity contribution is 8.04. The van der Waals surface area contributed by atoms with Crippen LogP contribution in [0.15, 0.2) is 53.9 Å². The number of carbonyl (C=O) groups is 1. The Morgan fingerprint density at radius 1 is 0.976 bits per heavy atom. The molecule has 2 aromatic rings. The normalized spacial score (nSPS) is 28.4. The maximum Gasteiger partial charge on any atom is 0.241 e. The smallest absolute Gasteiger partial charge is 0.241 e. The minimum absolute atomic E-state index is 0.151. The summed E-state index contributed by atoms with van der Waals surface area (Å²) >= 11 is 1.60. The molecule has 42 heavy (non-hydrogen) atoms. The number of hydrogen-bond acceptors (Lipinski definition) is 5. The molecule has 0 N–H and O–H groups in total. The molecule has 5 nitrogen and oxygen atoms in total. The molecule has 2 fully saturated rings. The second kappa shape index (κ2) is 13.3. The van der Waals surface area contributed by atoms with Crippen LogP contribution in [0.5, 0.6) is 0 Å². The van der Waals surface area contributed by atoms with Crippen LogP contribution in [0.25, 0.3) is 11.1 Å². The topological polar surface area (TPSA) is 36.0 Å². The van der Waals surface area contributed by atoms with Crippen molar-refractivity contribution in [3.05, 3.63) is 70.6 Å². The van der Waals surface area contributed by atoms with Crippen LogP contribution in [0, 0.1) is 0 Å². The van der Waals surface area contributed by atoms with Crippen LogP contribution in [0.1, 0.15) is 77.1 Å². The number of benzene rings is 2. The van der Waals surface area contributed by atoms with Gasteiger partial charge in [0.2, 0.25) is 5.91 Å². The van der Waals surface area contributed by atoms with E-state index in [-0.39, 0.29) is 12.0 Å². The first-order valence-corrected chi connectivity index (χ1v) is 17.0. The van der Waals surface area contributed by atoms with E-state index in [2.05, 4.69) is 91.8 Å². The molecule has 3 aliphatic rings. The maximum absolute atomic E-state index is 13.5. The lowest BCUT2D eigenvalue weighted by atomic mass is 9.93. The van der Waals surface area contributed by atoms with Gasteiger partial charge in [-0.3, -0.25) is 14.6 Å². The number of ether oxygens (including phenoxy) is 1. The van der Waals surface area contributed by atoms with Crippen LogP contribution in [-0.4, -0.2) is 82.9 Å². The van der Waals surface area contributed by atoms with Crippen LogP contribution in [0.3, 0.4) is 0 Å². The van der Waals surface area contributed by atoms with Crippen molar-refractivity contribution >= 4 is 17.7 Å². The summed E-state index contributed by atoms with van der Waals surface area (Å²) in [6.07, 6.45) is 6.10. The lowest BCUT2D eigenvalue weighted by Crippen LogP contribution is -2.61. The molecular formula is C36H51N3O2S. The molecule has 0 radical (unpaired) electrons. The molecule has 2 saturated heterocycles. The molecule has 1 amide bonds. The summed E-state index contributed by atoms with van der Waals surface area (Å²) < 4.78 is 5.08. The van der Waals surface area contributed by atoms with Crippen molar-refractivity contribution in [1.29, 1.82) is 0 Å². The van der Waals surface area contributed by atoms with E-state index in [1.807, 2.05) is 18.4 Å². The summed E-state index contributed by atoms with van der Waals surface area (Å²) in [5, 5.41) is 2.02. The highest BCUT2D eigenvalue weighted by atomic mass is 32.2. The Labute approximate surface area is 258 Å². The van der Waals surface area contributed by atoms with E-state index in [4.69, 9.17) is 4.74 Å². The van der Waals surface area contributed by atoms with Crippen LogP contribution < -0.4 is 0 Å². The van der Waals surface area contributed by atoms with Crippen LogP contribution >= 0.6 is 11.8 Å². The van der Waals surface area contributed by atoms with Gasteiger partial charge in [0.15, 0.2) is 0 Å². The zero-order valence-electron chi connectivity index (χ0n) is 26.8. The first kappa shape index (κ1) is 31.3. The Bertz CT molecular complexity index is 1220. The van der Waals surface area contributed by atoms with Crippen molar-refractivity contribution in [2.24, 2.45) is 0 Å². The predicted octanol–water partition coefficient (Wildman–Crippen LogP) is 6.96. The molecule has 5 atom stereocenters. The highest BCUT2D eigenvalue weighted by Crippen LogP contribution is 2.40. The molecular weight excluding hydrogens is 538 g/mol. The van der Waals surface area contributed by atoms with Crippen molar-refractivity contribution in [3.8, 4) is 11.1 Å². The lowest BCUT2D eigenvalue weighted by molar-refractivity contribution is -0.137. The molecule has 3 aliphatic heterocycles. The third kappa shape index (κ3) is 6.24. The van der Waals surface area contributed by atoms with Gasteiger partial charge in [-0.05, 0) is 92.7 Å². The van der Waals surface area contributed by atoms with Gasteiger partial charge in [0.25, 0.3) is 0 Å². The first-order chi connectivity index (χ1) is 20.2. The summed E-state index contributed by atoms with van der Waals surface area (Å²) in [6.45, 7) is 17.5. The zero-order chi connectivity index (χ0) is 30.0. The largest absolute Gasteiger partial charge is 0.375 e. The fraction of sp³-hybridized carbons (Fsp3) is 0.583. The van der Waals surface area contributed by atoms with Gasteiger partial charge in [-0.1, -0.05) is 56.3 Å². The van der Waals surface area contributed by atoms with E-state index >= 15 is 0 Å². The number of piperidine rings is 1. The Kier molecular flexibility index (Phi) is 9.88. The number of aryl methyl sites for hydroxylation is 2. The van der Waals surface area contributed by atoms with Gasteiger partial charge in [-0.15, -0.1) is 11.8 Å². The number of rotatable bonds is 8. The molecule has 228 valence electrons. The van der Waals surface area contributed by atoms with E-state index < -0.39 is 4.75 Å². The van der Waals surface area contributed by atoms with Gasteiger partial charge >= 0.3 is 0 Å². The van der Waals surface area contributed by atoms with Gasteiger partial charge in [-0.25, -0.2) is 0 Å². The van der Waals surface area contributed by atoms with E-state index in [0.29, 0.717) is 24.2 Å². The minimum atomic E-state index is -0.539. The molecule has 5 rings (SSSR count). The monoisotopic (exact) mass is 589 g/mol. The fourth-order valence-corrected chi connectivity index (χ4v) is 8.67. The molecule has 0 saturated carbocycles. The van der Waals surface area contributed by atoms with Crippen molar-refractivity contribution < 1.29 is 9.53 Å². The van der Waals surface area contributed by atoms with E-state index in [1.54, 1.807) is 18.9 Å². The summed E-state index contributed by atoms with van der Waals surface area (Å²) in [6, 6.07) is 18.2. The third-order valence-electron chi connectivity index (χ3n) is 10.1. The molecule has 0 aliphatic carbocycles. The molecule has 0 aromatic heterocycles. The van der Waals surface area contributed by atoms with Gasteiger partial charge in [-0.2, -0.15) is 0 Å².